The van der Waals surface area contributed by atoms with E-state index in [9.17, 15) is 19.5 Å². The molecule has 0 bridgehead atoms. The second-order valence-corrected chi connectivity index (χ2v) is 22.0. The van der Waals surface area contributed by atoms with Crippen molar-refractivity contribution < 1.29 is 42.9 Å². The molecule has 2 unspecified atom stereocenters. The molecule has 0 rings (SSSR count). The summed E-state index contributed by atoms with van der Waals surface area (Å²) in [6.45, 7) is 4.59. The van der Waals surface area contributed by atoms with E-state index in [2.05, 4.69) is 123 Å². The molecule has 0 aliphatic heterocycles. The fourth-order valence-corrected chi connectivity index (χ4v) is 8.43. The molecular formula is C69H117NO8. The van der Waals surface area contributed by atoms with Crippen molar-refractivity contribution in [1.29, 1.82) is 0 Å². The summed E-state index contributed by atoms with van der Waals surface area (Å²) >= 11 is 0. The quantitative estimate of drug-likeness (QED) is 0.0195. The molecule has 0 aromatic rings. The van der Waals surface area contributed by atoms with Crippen LogP contribution in [0.4, 0.5) is 0 Å². The van der Waals surface area contributed by atoms with Crippen LogP contribution >= 0.6 is 0 Å². The first-order valence-electron chi connectivity index (χ1n) is 31.5. The van der Waals surface area contributed by atoms with Crippen molar-refractivity contribution in [2.75, 3.05) is 47.5 Å². The summed E-state index contributed by atoms with van der Waals surface area (Å²) in [6.07, 6.45) is 78.8. The van der Waals surface area contributed by atoms with Crippen LogP contribution in [-0.4, -0.2) is 82.3 Å². The van der Waals surface area contributed by atoms with Crippen molar-refractivity contribution in [2.45, 2.75) is 264 Å². The average molecular weight is 1090 g/mol. The highest BCUT2D eigenvalue weighted by Gasteiger charge is 2.22. The van der Waals surface area contributed by atoms with Gasteiger partial charge in [0.15, 0.2) is 12.4 Å². The summed E-state index contributed by atoms with van der Waals surface area (Å²) in [5, 5.41) is 11.8. The number of allylic oxidation sites excluding steroid dienone is 18. The molecule has 0 saturated heterocycles. The third-order valence-electron chi connectivity index (χ3n) is 13.3. The Balaban J connectivity index is 4.01. The van der Waals surface area contributed by atoms with Crippen LogP contribution < -0.4 is 5.11 Å². The molecule has 0 heterocycles. The number of likely N-dealkylation sites (N-methyl/N-ethyl adjacent to an activating group) is 1. The van der Waals surface area contributed by atoms with Gasteiger partial charge in [0, 0.05) is 12.8 Å². The largest absolute Gasteiger partial charge is 0.545 e. The van der Waals surface area contributed by atoms with Gasteiger partial charge in [0.25, 0.3) is 0 Å². The normalized spacial score (nSPS) is 13.5. The molecule has 78 heavy (non-hydrogen) atoms. The number of nitrogens with zero attached hydrogens (tertiary/aromatic N) is 1. The van der Waals surface area contributed by atoms with Gasteiger partial charge in [-0.15, -0.1) is 0 Å². The molecule has 446 valence electrons. The summed E-state index contributed by atoms with van der Waals surface area (Å²) < 4.78 is 22.7. The van der Waals surface area contributed by atoms with Gasteiger partial charge in [0.05, 0.1) is 40.3 Å². The third kappa shape index (κ3) is 59.6. The Kier molecular flexibility index (Phi) is 56.0. The second kappa shape index (κ2) is 59.1. The maximum Gasteiger partial charge on any atom is 0.306 e. The van der Waals surface area contributed by atoms with Crippen LogP contribution in [0.3, 0.4) is 0 Å². The summed E-state index contributed by atoms with van der Waals surface area (Å²) in [6, 6.07) is 0. The zero-order valence-corrected chi connectivity index (χ0v) is 50.8. The number of quaternary nitrogens is 1. The van der Waals surface area contributed by atoms with Crippen molar-refractivity contribution in [3.8, 4) is 0 Å². The minimum Gasteiger partial charge on any atom is -0.545 e. The Morgan fingerprint density at radius 3 is 1.10 bits per heavy atom. The van der Waals surface area contributed by atoms with Gasteiger partial charge in [0.1, 0.15) is 13.2 Å². The standard InChI is InChI=1S/C69H117NO8/c1-6-8-10-12-14-16-18-20-21-22-23-24-25-26-27-28-29-30-31-32-33-34-35-36-37-38-39-40-41-42-43-44-45-46-47-48-50-52-54-56-58-60-67(72)78-65(64-77-69(68(73)74)75-62-61-70(3,4)5)63-76-66(71)59-57-55-53-51-49-19-17-15-13-11-9-7-2/h8,10,14-17,20-21,23-24,26-27,29-30,32-33,35-36,65,69H,6-7,9,11-13,18-19,22,25,28,31,34,37-64H2,1-5H3/b10-8-,16-14-,17-15-,21-20-,24-23-,27-26-,30-29-,33-32-,36-35-. The van der Waals surface area contributed by atoms with E-state index in [1.807, 2.05) is 21.1 Å². The first-order valence-corrected chi connectivity index (χ1v) is 31.5. The molecule has 0 aromatic carbocycles. The van der Waals surface area contributed by atoms with Crippen LogP contribution in [0.5, 0.6) is 0 Å². The van der Waals surface area contributed by atoms with Gasteiger partial charge in [-0.05, 0) is 103 Å². The number of hydrogen-bond acceptors (Lipinski definition) is 8. The molecule has 0 spiro atoms. The van der Waals surface area contributed by atoms with Crippen molar-refractivity contribution in [3.63, 3.8) is 0 Å². The molecule has 0 radical (unpaired) electrons. The van der Waals surface area contributed by atoms with Crippen LogP contribution in [0.25, 0.3) is 0 Å². The minimum atomic E-state index is -1.63. The van der Waals surface area contributed by atoms with E-state index >= 15 is 0 Å². The molecule has 0 saturated carbocycles. The predicted molar refractivity (Wildman–Crippen MR) is 329 cm³/mol. The average Bonchev–Trinajstić information content (AvgIpc) is 3.41. The molecule has 0 N–H and O–H groups in total. The third-order valence-corrected chi connectivity index (χ3v) is 13.3. The number of rotatable bonds is 57. The van der Waals surface area contributed by atoms with Crippen LogP contribution in [-0.2, 0) is 33.3 Å². The van der Waals surface area contributed by atoms with E-state index < -0.39 is 24.3 Å². The van der Waals surface area contributed by atoms with Crippen LogP contribution in [0, 0.1) is 0 Å². The summed E-state index contributed by atoms with van der Waals surface area (Å²) in [4.78, 5) is 37.2. The van der Waals surface area contributed by atoms with Crippen molar-refractivity contribution >= 4 is 17.9 Å². The number of aliphatic carboxylic acids is 1. The van der Waals surface area contributed by atoms with Gasteiger partial charge in [0.2, 0.25) is 0 Å². The van der Waals surface area contributed by atoms with E-state index in [1.54, 1.807) is 0 Å². The smallest absolute Gasteiger partial charge is 0.306 e. The fourth-order valence-electron chi connectivity index (χ4n) is 8.43. The summed E-state index contributed by atoms with van der Waals surface area (Å²) in [7, 11) is 5.91. The SMILES string of the molecule is CC/C=C\C/C=C\C/C=C\C/C=C\C/C=C\C/C=C\C/C=C\C/C=C\CCCCCCCCCCCCCCCCCCC(=O)OC(COC(=O)CCCCCCC/C=C\CCCCC)COC(OCC[N+](C)(C)C)C(=O)[O-]. The van der Waals surface area contributed by atoms with E-state index in [4.69, 9.17) is 18.9 Å². The molecule has 0 fully saturated rings. The van der Waals surface area contributed by atoms with Crippen molar-refractivity contribution in [1.82, 2.24) is 0 Å². The number of unbranched alkanes of at least 4 members (excludes halogenated alkanes) is 24. The van der Waals surface area contributed by atoms with Gasteiger partial charge in [-0.25, -0.2) is 0 Å². The van der Waals surface area contributed by atoms with Gasteiger partial charge in [-0.1, -0.05) is 245 Å². The lowest BCUT2D eigenvalue weighted by molar-refractivity contribution is -0.870. The zero-order chi connectivity index (χ0) is 56.9. The molecule has 0 aliphatic rings. The lowest BCUT2D eigenvalue weighted by atomic mass is 10.0. The van der Waals surface area contributed by atoms with Crippen LogP contribution in [0.15, 0.2) is 109 Å². The van der Waals surface area contributed by atoms with Crippen LogP contribution in [0.2, 0.25) is 0 Å². The highest BCUT2D eigenvalue weighted by molar-refractivity contribution is 5.70. The molecule has 0 aliphatic carbocycles. The fraction of sp³-hybridized carbons (Fsp3) is 0.696. The van der Waals surface area contributed by atoms with Gasteiger partial charge >= 0.3 is 11.9 Å². The number of ether oxygens (including phenoxy) is 4. The van der Waals surface area contributed by atoms with E-state index in [-0.39, 0.29) is 38.6 Å². The number of carbonyl (C=O) groups is 3. The molecule has 9 nitrogen and oxygen atoms in total. The van der Waals surface area contributed by atoms with Crippen LogP contribution in [0.1, 0.15) is 251 Å². The molecule has 9 heteroatoms. The van der Waals surface area contributed by atoms with Gasteiger partial charge in [-0.3, -0.25) is 9.59 Å². The second-order valence-electron chi connectivity index (χ2n) is 22.0. The van der Waals surface area contributed by atoms with Gasteiger partial charge < -0.3 is 33.3 Å². The first kappa shape index (κ1) is 74.0. The van der Waals surface area contributed by atoms with E-state index in [1.165, 1.54) is 109 Å². The lowest BCUT2D eigenvalue weighted by Crippen LogP contribution is -2.44. The zero-order valence-electron chi connectivity index (χ0n) is 50.8. The van der Waals surface area contributed by atoms with Gasteiger partial charge in [-0.2, -0.15) is 0 Å². The number of esters is 2. The molecular weight excluding hydrogens is 971 g/mol. The number of carboxylic acid groups (broad SMARTS) is 1. The van der Waals surface area contributed by atoms with Crippen molar-refractivity contribution in [2.24, 2.45) is 0 Å². The molecule has 2 atom stereocenters. The summed E-state index contributed by atoms with van der Waals surface area (Å²) in [5.74, 6) is -2.30. The lowest BCUT2D eigenvalue weighted by Gasteiger charge is -2.26. The Morgan fingerprint density at radius 2 is 0.731 bits per heavy atom. The first-order chi connectivity index (χ1) is 38.1. The van der Waals surface area contributed by atoms with E-state index in [0.717, 1.165) is 109 Å². The minimum absolute atomic E-state index is 0.144. The predicted octanol–water partition coefficient (Wildman–Crippen LogP) is 17.7. The van der Waals surface area contributed by atoms with Crippen molar-refractivity contribution in [3.05, 3.63) is 109 Å². The Bertz CT molecular complexity index is 1640. The Morgan fingerprint density at radius 1 is 0.397 bits per heavy atom. The molecule has 0 amide bonds. The highest BCUT2D eigenvalue weighted by atomic mass is 16.7. The molecule has 0 aromatic heterocycles. The topological polar surface area (TPSA) is 111 Å². The summed E-state index contributed by atoms with van der Waals surface area (Å²) in [5.41, 5.74) is 0. The Labute approximate surface area is 479 Å². The van der Waals surface area contributed by atoms with E-state index in [0.29, 0.717) is 17.4 Å². The maximum atomic E-state index is 12.9. The number of carbonyl (C=O) groups excluding carboxylic acids is 3. The number of hydrogen-bond donors (Lipinski definition) is 0. The highest BCUT2D eigenvalue weighted by Crippen LogP contribution is 2.16. The number of carboxylic acids is 1. The Hall–Kier alpha value is -4.05. The maximum absolute atomic E-state index is 12.9. The monoisotopic (exact) mass is 1090 g/mol.